The van der Waals surface area contributed by atoms with Gasteiger partial charge in [0.05, 0.1) is 12.2 Å². The summed E-state index contributed by atoms with van der Waals surface area (Å²) in [6.45, 7) is 5.19. The summed E-state index contributed by atoms with van der Waals surface area (Å²) in [7, 11) is -3.92. The van der Waals surface area contributed by atoms with E-state index >= 15 is 0 Å². The number of amides is 2. The Morgan fingerprint density at radius 2 is 1.79 bits per heavy atom. The van der Waals surface area contributed by atoms with E-state index in [0.29, 0.717) is 12.1 Å². The minimum atomic E-state index is -3.92. The maximum Gasteiger partial charge on any atom is 0.284 e. The van der Waals surface area contributed by atoms with Gasteiger partial charge in [0, 0.05) is 37.4 Å². The third-order valence-electron chi connectivity index (χ3n) is 5.55. The van der Waals surface area contributed by atoms with Crippen LogP contribution in [0.3, 0.4) is 0 Å². The zero-order chi connectivity index (χ0) is 23.8. The van der Waals surface area contributed by atoms with Crippen molar-refractivity contribution in [3.8, 4) is 0 Å². The average molecular weight is 472 g/mol. The molecule has 1 aromatic carbocycles. The van der Waals surface area contributed by atoms with Crippen LogP contribution < -0.4 is 5.73 Å². The molecule has 4 rings (SSSR count). The number of primary amides is 1. The number of carbonyl (C=O) groups is 2. The summed E-state index contributed by atoms with van der Waals surface area (Å²) in [5.41, 5.74) is 8.61. The first-order chi connectivity index (χ1) is 15.6. The van der Waals surface area contributed by atoms with Gasteiger partial charge in [0.1, 0.15) is 0 Å². The van der Waals surface area contributed by atoms with Gasteiger partial charge in [-0.05, 0) is 49.7 Å². The van der Waals surface area contributed by atoms with Crippen LogP contribution in [0.25, 0.3) is 0 Å². The molecule has 11 heteroatoms. The van der Waals surface area contributed by atoms with Crippen LogP contribution in [-0.4, -0.2) is 65.4 Å². The number of aryl methyl sites for hydroxylation is 2. The van der Waals surface area contributed by atoms with Gasteiger partial charge in [-0.15, -0.1) is 0 Å². The second-order valence-corrected chi connectivity index (χ2v) is 9.83. The first-order valence-corrected chi connectivity index (χ1v) is 11.9. The molecule has 33 heavy (non-hydrogen) atoms. The summed E-state index contributed by atoms with van der Waals surface area (Å²) < 4.78 is 33.8. The van der Waals surface area contributed by atoms with Gasteiger partial charge in [-0.25, -0.2) is 8.42 Å². The van der Waals surface area contributed by atoms with Crippen molar-refractivity contribution in [2.75, 3.05) is 26.2 Å². The number of piperazine rings is 1. The summed E-state index contributed by atoms with van der Waals surface area (Å²) in [4.78, 5) is 25.9. The van der Waals surface area contributed by atoms with Crippen molar-refractivity contribution in [2.45, 2.75) is 25.5 Å². The average Bonchev–Trinajstić information content (AvgIpc) is 3.41. The van der Waals surface area contributed by atoms with Gasteiger partial charge >= 0.3 is 0 Å². The van der Waals surface area contributed by atoms with Gasteiger partial charge in [0.25, 0.3) is 21.8 Å². The van der Waals surface area contributed by atoms with Crippen molar-refractivity contribution < 1.29 is 22.4 Å². The Balaban J connectivity index is 1.42. The summed E-state index contributed by atoms with van der Waals surface area (Å²) in [5.74, 6) is -1.22. The number of rotatable bonds is 6. The summed E-state index contributed by atoms with van der Waals surface area (Å²) in [5, 5.41) is 4.12. The van der Waals surface area contributed by atoms with Crippen LogP contribution in [0.5, 0.6) is 0 Å². The predicted molar refractivity (Wildman–Crippen MR) is 119 cm³/mol. The monoisotopic (exact) mass is 471 g/mol. The smallest absolute Gasteiger partial charge is 0.284 e. The zero-order valence-corrected chi connectivity index (χ0v) is 19.2. The van der Waals surface area contributed by atoms with Crippen LogP contribution in [-0.2, 0) is 16.6 Å². The lowest BCUT2D eigenvalue weighted by Crippen LogP contribution is -2.50. The Kier molecular flexibility index (Phi) is 6.09. The van der Waals surface area contributed by atoms with Gasteiger partial charge in [-0.3, -0.25) is 14.3 Å². The number of nitrogens with two attached hydrogens (primary N) is 1. The molecule has 1 aliphatic rings. The third kappa shape index (κ3) is 4.69. The van der Waals surface area contributed by atoms with Gasteiger partial charge in [0.15, 0.2) is 5.76 Å². The van der Waals surface area contributed by atoms with E-state index < -0.39 is 15.9 Å². The number of hydrogen-bond acceptors (Lipinski definition) is 6. The molecule has 0 radical (unpaired) electrons. The van der Waals surface area contributed by atoms with Gasteiger partial charge in [-0.2, -0.15) is 9.40 Å². The van der Waals surface area contributed by atoms with Crippen LogP contribution in [0.1, 0.15) is 37.9 Å². The van der Waals surface area contributed by atoms with E-state index in [9.17, 15) is 18.0 Å². The maximum absolute atomic E-state index is 13.0. The molecule has 1 fully saturated rings. The van der Waals surface area contributed by atoms with E-state index in [4.69, 9.17) is 10.2 Å². The lowest BCUT2D eigenvalue weighted by molar-refractivity contribution is 0.0696. The van der Waals surface area contributed by atoms with Crippen LogP contribution in [0, 0.1) is 13.8 Å². The van der Waals surface area contributed by atoms with E-state index in [1.807, 2.05) is 42.8 Å². The standard InChI is InChI=1S/C22H25N5O5S/c1-15-12-16(2)27(24-15)14-17-4-3-5-18(13-17)22(29)25-8-10-26(11-9-25)33(30,31)20-7-6-19(32-20)21(23)28/h3-7,12-13H,8-11,14H2,1-2H3,(H2,23,28). The molecule has 10 nitrogen and oxygen atoms in total. The maximum atomic E-state index is 13.0. The SMILES string of the molecule is Cc1cc(C)n(Cc2cccc(C(=O)N3CCN(S(=O)(=O)c4ccc(C(N)=O)o4)CC3)c2)n1. The highest BCUT2D eigenvalue weighted by molar-refractivity contribution is 7.89. The topological polar surface area (TPSA) is 132 Å². The molecule has 0 aliphatic carbocycles. The molecule has 0 unspecified atom stereocenters. The number of aromatic nitrogens is 2. The van der Waals surface area contributed by atoms with Crippen molar-refractivity contribution >= 4 is 21.8 Å². The first-order valence-electron chi connectivity index (χ1n) is 10.4. The van der Waals surface area contributed by atoms with Crippen LogP contribution in [0.2, 0.25) is 0 Å². The van der Waals surface area contributed by atoms with Gasteiger partial charge in [-0.1, -0.05) is 12.1 Å². The molecule has 2 aromatic heterocycles. The molecule has 3 heterocycles. The summed E-state index contributed by atoms with van der Waals surface area (Å²) in [6.07, 6.45) is 0. The molecular weight excluding hydrogens is 446 g/mol. The van der Waals surface area contributed by atoms with Crippen molar-refractivity contribution in [3.05, 3.63) is 70.7 Å². The zero-order valence-electron chi connectivity index (χ0n) is 18.4. The second-order valence-electron chi connectivity index (χ2n) is 7.96. The van der Waals surface area contributed by atoms with E-state index in [2.05, 4.69) is 5.10 Å². The molecule has 1 saturated heterocycles. The van der Waals surface area contributed by atoms with E-state index in [0.717, 1.165) is 17.0 Å². The highest BCUT2D eigenvalue weighted by atomic mass is 32.2. The van der Waals surface area contributed by atoms with Crippen molar-refractivity contribution in [3.63, 3.8) is 0 Å². The number of furan rings is 1. The van der Waals surface area contributed by atoms with E-state index in [-0.39, 0.29) is 42.9 Å². The van der Waals surface area contributed by atoms with Crippen molar-refractivity contribution in [1.82, 2.24) is 19.0 Å². The Morgan fingerprint density at radius 3 is 2.39 bits per heavy atom. The molecule has 0 spiro atoms. The summed E-state index contributed by atoms with van der Waals surface area (Å²) in [6, 6.07) is 11.8. The lowest BCUT2D eigenvalue weighted by atomic mass is 10.1. The minimum absolute atomic E-state index is 0.117. The highest BCUT2D eigenvalue weighted by Crippen LogP contribution is 2.21. The first kappa shape index (κ1) is 22.7. The Bertz CT molecular complexity index is 1300. The largest absolute Gasteiger partial charge is 0.438 e. The lowest BCUT2D eigenvalue weighted by Gasteiger charge is -2.33. The Hall–Kier alpha value is -3.44. The highest BCUT2D eigenvalue weighted by Gasteiger charge is 2.33. The van der Waals surface area contributed by atoms with E-state index in [1.54, 1.807) is 11.0 Å². The number of nitrogens with zero attached hydrogens (tertiary/aromatic N) is 4. The fraction of sp³-hybridized carbons (Fsp3) is 0.318. The number of carbonyl (C=O) groups excluding carboxylic acids is 2. The number of hydrogen-bond donors (Lipinski definition) is 1. The Labute approximate surface area is 191 Å². The van der Waals surface area contributed by atoms with Gasteiger partial charge < -0.3 is 15.1 Å². The normalized spacial score (nSPS) is 15.0. The number of benzene rings is 1. The fourth-order valence-electron chi connectivity index (χ4n) is 3.84. The quantitative estimate of drug-likeness (QED) is 0.578. The molecular formula is C22H25N5O5S. The molecule has 0 saturated carbocycles. The molecule has 174 valence electrons. The molecule has 1 aliphatic heterocycles. The fourth-order valence-corrected chi connectivity index (χ4v) is 5.18. The molecule has 2 N–H and O–H groups in total. The molecule has 0 bridgehead atoms. The minimum Gasteiger partial charge on any atom is -0.438 e. The van der Waals surface area contributed by atoms with Crippen LogP contribution >= 0.6 is 0 Å². The second kappa shape index (κ2) is 8.83. The third-order valence-corrected chi connectivity index (χ3v) is 7.33. The summed E-state index contributed by atoms with van der Waals surface area (Å²) >= 11 is 0. The van der Waals surface area contributed by atoms with Gasteiger partial charge in [0.2, 0.25) is 5.09 Å². The predicted octanol–water partition coefficient (Wildman–Crippen LogP) is 1.39. The molecule has 0 atom stereocenters. The van der Waals surface area contributed by atoms with Crippen molar-refractivity contribution in [1.29, 1.82) is 0 Å². The van der Waals surface area contributed by atoms with Crippen LogP contribution in [0.15, 0.2) is 52.0 Å². The number of sulfonamides is 1. The molecule has 3 aromatic rings. The van der Waals surface area contributed by atoms with Crippen molar-refractivity contribution in [2.24, 2.45) is 5.73 Å². The molecule has 2 amide bonds. The van der Waals surface area contributed by atoms with E-state index in [1.165, 1.54) is 16.4 Å². The van der Waals surface area contributed by atoms with Crippen LogP contribution in [0.4, 0.5) is 0 Å². The Morgan fingerprint density at radius 1 is 1.06 bits per heavy atom.